The van der Waals surface area contributed by atoms with Crippen LogP contribution < -0.4 is 0 Å². The highest BCUT2D eigenvalue weighted by Gasteiger charge is 2.50. The minimum atomic E-state index is -2.17. The molecular formula is C28H45F2NO2. The molecule has 0 amide bonds. The second-order valence-corrected chi connectivity index (χ2v) is 11.9. The van der Waals surface area contributed by atoms with Gasteiger partial charge in [0, 0.05) is 12.5 Å². The smallest absolute Gasteiger partial charge is 0.242 e. The molecule has 3 aliphatic carbocycles. The van der Waals surface area contributed by atoms with Crippen molar-refractivity contribution in [2.24, 2.45) is 29.1 Å². The van der Waals surface area contributed by atoms with Gasteiger partial charge in [-0.3, -0.25) is 0 Å². The Hall–Kier alpha value is -0.780. The number of allylic oxidation sites excluding steroid dienone is 3. The highest BCUT2D eigenvalue weighted by molar-refractivity contribution is 5.26. The molecule has 4 fully saturated rings. The molecule has 3 saturated carbocycles. The van der Waals surface area contributed by atoms with Gasteiger partial charge in [0.2, 0.25) is 6.43 Å². The van der Waals surface area contributed by atoms with Crippen molar-refractivity contribution in [2.75, 3.05) is 19.6 Å². The molecule has 0 aromatic heterocycles. The van der Waals surface area contributed by atoms with Crippen molar-refractivity contribution in [2.45, 2.75) is 103 Å². The fraction of sp³-hybridized carbons (Fsp3) is 0.857. The zero-order chi connectivity index (χ0) is 23.6. The first-order valence-electron chi connectivity index (χ1n) is 13.5. The van der Waals surface area contributed by atoms with Crippen LogP contribution in [0.2, 0.25) is 0 Å². The Morgan fingerprint density at radius 1 is 1.12 bits per heavy atom. The monoisotopic (exact) mass is 465 g/mol. The maximum Gasteiger partial charge on any atom is 0.242 e. The number of rotatable bonds is 7. The fourth-order valence-corrected chi connectivity index (χ4v) is 7.85. The Labute approximate surface area is 199 Å². The Morgan fingerprint density at radius 2 is 1.88 bits per heavy atom. The summed E-state index contributed by atoms with van der Waals surface area (Å²) in [5, 5.41) is 20.0. The lowest BCUT2D eigenvalue weighted by Crippen LogP contribution is -2.36. The number of aliphatic hydroxyl groups is 2. The number of alkyl halides is 2. The molecule has 7 atom stereocenters. The molecule has 2 unspecified atom stereocenters. The molecule has 0 spiro atoms. The molecule has 5 heteroatoms. The van der Waals surface area contributed by atoms with Gasteiger partial charge in [-0.05, 0) is 107 Å². The van der Waals surface area contributed by atoms with Crippen molar-refractivity contribution in [3.05, 3.63) is 23.3 Å². The van der Waals surface area contributed by atoms with Crippen LogP contribution in [0.15, 0.2) is 23.3 Å². The van der Waals surface area contributed by atoms with E-state index < -0.39 is 24.6 Å². The van der Waals surface area contributed by atoms with Gasteiger partial charge in [-0.25, -0.2) is 8.78 Å². The standard InChI is InChI=1S/C28H45F2NO2/c1-19(5-4-13-31-14-11-22(18-31)27(29)30)25-9-10-26-21(6-3-12-28(25,26)2)8-7-20-15-23(32)17-24(33)16-20/h7-8,19,22-27,32-33H,3-6,9-18H2,1-2H3/t19?,22?,23-,24-,25-,26+,28-/m1/s1. The third-order valence-corrected chi connectivity index (χ3v) is 9.60. The van der Waals surface area contributed by atoms with E-state index in [0.717, 1.165) is 25.4 Å². The molecule has 0 radical (unpaired) electrons. The largest absolute Gasteiger partial charge is 0.393 e. The van der Waals surface area contributed by atoms with Crippen molar-refractivity contribution in [3.8, 4) is 0 Å². The van der Waals surface area contributed by atoms with E-state index in [-0.39, 0.29) is 0 Å². The number of aliphatic hydroxyl groups excluding tert-OH is 2. The van der Waals surface area contributed by atoms with Gasteiger partial charge in [0.1, 0.15) is 0 Å². The molecule has 1 heterocycles. The van der Waals surface area contributed by atoms with Crippen LogP contribution in [-0.4, -0.2) is 53.4 Å². The third-order valence-electron chi connectivity index (χ3n) is 9.60. The number of likely N-dealkylation sites (tertiary alicyclic amines) is 1. The zero-order valence-electron chi connectivity index (χ0n) is 20.7. The van der Waals surface area contributed by atoms with Crippen molar-refractivity contribution >= 4 is 0 Å². The maximum absolute atomic E-state index is 12.9. The van der Waals surface area contributed by atoms with Crippen molar-refractivity contribution in [3.63, 3.8) is 0 Å². The minimum Gasteiger partial charge on any atom is -0.393 e. The van der Waals surface area contributed by atoms with Gasteiger partial charge in [-0.2, -0.15) is 0 Å². The summed E-state index contributed by atoms with van der Waals surface area (Å²) in [6, 6.07) is 0. The molecule has 0 bridgehead atoms. The predicted octanol–water partition coefficient (Wildman–Crippen LogP) is 5.96. The molecule has 4 rings (SSSR count). The summed E-state index contributed by atoms with van der Waals surface area (Å²) in [5.74, 6) is 1.65. The number of hydrogen-bond donors (Lipinski definition) is 2. The molecule has 0 aromatic rings. The number of halogens is 2. The normalized spacial score (nSPS) is 39.9. The second kappa shape index (κ2) is 10.9. The SMILES string of the molecule is CC(CCCN1CCC(C(F)F)C1)[C@H]1CC[C@H]2C(=CC=C3C[C@@H](O)C[C@H](O)C3)CCC[C@]12C. The van der Waals surface area contributed by atoms with E-state index in [9.17, 15) is 19.0 Å². The minimum absolute atomic E-state index is 0.363. The summed E-state index contributed by atoms with van der Waals surface area (Å²) < 4.78 is 25.9. The van der Waals surface area contributed by atoms with Gasteiger partial charge in [-0.1, -0.05) is 37.1 Å². The number of hydrogen-bond acceptors (Lipinski definition) is 3. The van der Waals surface area contributed by atoms with Gasteiger partial charge in [0.05, 0.1) is 12.2 Å². The first-order valence-corrected chi connectivity index (χ1v) is 13.5. The van der Waals surface area contributed by atoms with Gasteiger partial charge in [0.15, 0.2) is 0 Å². The van der Waals surface area contributed by atoms with E-state index in [0.29, 0.717) is 49.5 Å². The van der Waals surface area contributed by atoms with Gasteiger partial charge in [0.25, 0.3) is 0 Å². The van der Waals surface area contributed by atoms with Gasteiger partial charge < -0.3 is 15.1 Å². The summed E-state index contributed by atoms with van der Waals surface area (Å²) in [4.78, 5) is 2.25. The molecule has 1 aliphatic heterocycles. The molecule has 1 saturated heterocycles. The molecule has 0 aromatic carbocycles. The van der Waals surface area contributed by atoms with E-state index in [2.05, 4.69) is 30.9 Å². The molecule has 2 N–H and O–H groups in total. The Balaban J connectivity index is 1.32. The van der Waals surface area contributed by atoms with Crippen LogP contribution in [0.3, 0.4) is 0 Å². The second-order valence-electron chi connectivity index (χ2n) is 11.9. The summed E-state index contributed by atoms with van der Waals surface area (Å²) in [6.45, 7) is 7.33. The maximum atomic E-state index is 12.9. The molecular weight excluding hydrogens is 420 g/mol. The van der Waals surface area contributed by atoms with Gasteiger partial charge >= 0.3 is 0 Å². The molecule has 3 nitrogen and oxygen atoms in total. The third kappa shape index (κ3) is 5.90. The van der Waals surface area contributed by atoms with Crippen LogP contribution in [0.25, 0.3) is 0 Å². The lowest BCUT2D eigenvalue weighted by molar-refractivity contribution is 0.0609. The number of fused-ring (bicyclic) bond motifs is 1. The quantitative estimate of drug-likeness (QED) is 0.487. The highest BCUT2D eigenvalue weighted by Crippen LogP contribution is 2.59. The van der Waals surface area contributed by atoms with E-state index in [4.69, 9.17) is 0 Å². The summed E-state index contributed by atoms with van der Waals surface area (Å²) >= 11 is 0. The number of nitrogens with zero attached hydrogens (tertiary/aromatic N) is 1. The lowest BCUT2D eigenvalue weighted by atomic mass is 9.60. The van der Waals surface area contributed by atoms with Crippen LogP contribution in [0.4, 0.5) is 8.78 Å². The van der Waals surface area contributed by atoms with Crippen molar-refractivity contribution in [1.82, 2.24) is 4.90 Å². The summed E-state index contributed by atoms with van der Waals surface area (Å²) in [6.07, 6.45) is 12.7. The molecule has 188 valence electrons. The summed E-state index contributed by atoms with van der Waals surface area (Å²) in [5.41, 5.74) is 3.12. The average molecular weight is 466 g/mol. The van der Waals surface area contributed by atoms with E-state index in [1.54, 1.807) is 5.57 Å². The average Bonchev–Trinajstić information content (AvgIpc) is 3.36. The van der Waals surface area contributed by atoms with Crippen LogP contribution in [-0.2, 0) is 0 Å². The van der Waals surface area contributed by atoms with Gasteiger partial charge in [-0.15, -0.1) is 0 Å². The van der Waals surface area contributed by atoms with Crippen molar-refractivity contribution in [1.29, 1.82) is 0 Å². The first kappa shape index (κ1) is 25.3. The molecule has 4 aliphatic rings. The highest BCUT2D eigenvalue weighted by atomic mass is 19.3. The topological polar surface area (TPSA) is 43.7 Å². The fourth-order valence-electron chi connectivity index (χ4n) is 7.85. The predicted molar refractivity (Wildman–Crippen MR) is 129 cm³/mol. The van der Waals surface area contributed by atoms with Crippen LogP contribution >= 0.6 is 0 Å². The Bertz CT molecular complexity index is 711. The van der Waals surface area contributed by atoms with Crippen molar-refractivity contribution < 1.29 is 19.0 Å². The molecule has 33 heavy (non-hydrogen) atoms. The van der Waals surface area contributed by atoms with Crippen LogP contribution in [0, 0.1) is 29.1 Å². The Morgan fingerprint density at radius 3 is 2.58 bits per heavy atom. The van der Waals surface area contributed by atoms with E-state index in [1.807, 2.05) is 0 Å². The van der Waals surface area contributed by atoms with Crippen LogP contribution in [0.1, 0.15) is 84.5 Å². The lowest BCUT2D eigenvalue weighted by Gasteiger charge is -2.44. The zero-order valence-corrected chi connectivity index (χ0v) is 20.7. The van der Waals surface area contributed by atoms with Crippen LogP contribution in [0.5, 0.6) is 0 Å². The first-order chi connectivity index (χ1) is 15.8. The Kier molecular flexibility index (Phi) is 8.34. The van der Waals surface area contributed by atoms with E-state index in [1.165, 1.54) is 44.1 Å². The summed E-state index contributed by atoms with van der Waals surface area (Å²) in [7, 11) is 0. The van der Waals surface area contributed by atoms with E-state index >= 15 is 0 Å².